The Labute approximate surface area is 127 Å². The summed E-state index contributed by atoms with van der Waals surface area (Å²) in [6, 6.07) is 10.3. The summed E-state index contributed by atoms with van der Waals surface area (Å²) in [5, 5.41) is 6.71. The minimum absolute atomic E-state index is 0.845. The number of anilines is 3. The second-order valence-corrected chi connectivity index (χ2v) is 5.23. The third-order valence-corrected chi connectivity index (χ3v) is 3.09. The summed E-state index contributed by atoms with van der Waals surface area (Å²) in [4.78, 5) is 9.15. The first-order chi connectivity index (χ1) is 10.2. The molecule has 112 valence electrons. The van der Waals surface area contributed by atoms with Crippen LogP contribution in [0.25, 0.3) is 0 Å². The van der Waals surface area contributed by atoms with Crippen molar-refractivity contribution in [2.24, 2.45) is 0 Å². The van der Waals surface area contributed by atoms with E-state index in [1.807, 2.05) is 18.2 Å². The minimum atomic E-state index is 0.845. The fraction of sp³-hybridized carbons (Fsp3) is 0.412. The average molecular weight is 284 g/mol. The summed E-state index contributed by atoms with van der Waals surface area (Å²) in [5.41, 5.74) is 2.28. The van der Waals surface area contributed by atoms with E-state index >= 15 is 0 Å². The average Bonchev–Trinajstić information content (AvgIpc) is 2.45. The van der Waals surface area contributed by atoms with Gasteiger partial charge in [0.05, 0.1) is 0 Å². The number of rotatable bonds is 7. The zero-order chi connectivity index (χ0) is 15.1. The van der Waals surface area contributed by atoms with Gasteiger partial charge in [-0.2, -0.15) is 0 Å². The van der Waals surface area contributed by atoms with Crippen LogP contribution in [-0.2, 0) is 6.42 Å². The van der Waals surface area contributed by atoms with E-state index < -0.39 is 0 Å². The molecule has 0 bridgehead atoms. The molecular formula is C17H24N4. The molecule has 1 heterocycles. The predicted molar refractivity (Wildman–Crippen MR) is 89.3 cm³/mol. The Bertz CT molecular complexity index is 581. The minimum Gasteiger partial charge on any atom is -0.370 e. The Morgan fingerprint density at radius 2 is 1.81 bits per heavy atom. The van der Waals surface area contributed by atoms with Crippen molar-refractivity contribution in [3.63, 3.8) is 0 Å². The first-order valence-electron chi connectivity index (χ1n) is 7.66. The predicted octanol–water partition coefficient (Wildman–Crippen LogP) is 4.30. The third-order valence-electron chi connectivity index (χ3n) is 3.09. The summed E-state index contributed by atoms with van der Waals surface area (Å²) in [6.45, 7) is 7.30. The van der Waals surface area contributed by atoms with Crippen molar-refractivity contribution in [3.05, 3.63) is 41.7 Å². The maximum atomic E-state index is 4.59. The van der Waals surface area contributed by atoms with Gasteiger partial charge in [-0.3, -0.25) is 0 Å². The fourth-order valence-corrected chi connectivity index (χ4v) is 2.11. The molecule has 2 rings (SSSR count). The van der Waals surface area contributed by atoms with Crippen LogP contribution in [0.15, 0.2) is 30.3 Å². The van der Waals surface area contributed by atoms with Gasteiger partial charge >= 0.3 is 0 Å². The molecule has 0 spiro atoms. The van der Waals surface area contributed by atoms with Gasteiger partial charge in [0.25, 0.3) is 0 Å². The number of benzene rings is 1. The molecule has 0 radical (unpaired) electrons. The van der Waals surface area contributed by atoms with Crippen molar-refractivity contribution in [1.29, 1.82) is 0 Å². The molecule has 2 N–H and O–H groups in total. The van der Waals surface area contributed by atoms with Gasteiger partial charge in [0.1, 0.15) is 17.5 Å². The molecular weight excluding hydrogens is 260 g/mol. The molecule has 21 heavy (non-hydrogen) atoms. The molecule has 2 aromatic rings. The number of nitrogens with one attached hydrogen (secondary N) is 2. The number of hydrogen-bond acceptors (Lipinski definition) is 4. The highest BCUT2D eigenvalue weighted by Crippen LogP contribution is 2.19. The summed E-state index contributed by atoms with van der Waals surface area (Å²) >= 11 is 0. The van der Waals surface area contributed by atoms with E-state index in [0.717, 1.165) is 49.0 Å². The first kappa shape index (κ1) is 15.3. The number of aryl methyl sites for hydroxylation is 2. The number of nitrogens with zero attached hydrogens (tertiary/aromatic N) is 2. The van der Waals surface area contributed by atoms with Crippen molar-refractivity contribution in [2.75, 3.05) is 17.2 Å². The van der Waals surface area contributed by atoms with Crippen LogP contribution in [0.5, 0.6) is 0 Å². The maximum Gasteiger partial charge on any atom is 0.136 e. The largest absolute Gasteiger partial charge is 0.370 e. The zero-order valence-electron chi connectivity index (χ0n) is 13.1. The molecule has 0 aliphatic carbocycles. The van der Waals surface area contributed by atoms with Gasteiger partial charge in [-0.1, -0.05) is 26.0 Å². The third kappa shape index (κ3) is 4.74. The van der Waals surface area contributed by atoms with E-state index in [1.54, 1.807) is 0 Å². The molecule has 0 aliphatic rings. The molecule has 0 amide bonds. The molecule has 4 heteroatoms. The number of aromatic nitrogens is 2. The van der Waals surface area contributed by atoms with Gasteiger partial charge in [-0.15, -0.1) is 0 Å². The van der Waals surface area contributed by atoms with Gasteiger partial charge in [-0.05, 0) is 37.5 Å². The standard InChI is InChI=1S/C17H24N4/c1-4-7-15-20-16(18-10-5-2)12-17(21-15)19-14-9-6-8-13(3)11-14/h6,8-9,11-12H,4-5,7,10H2,1-3H3,(H2,18,19,20,21). The maximum absolute atomic E-state index is 4.59. The Balaban J connectivity index is 2.22. The molecule has 1 aromatic carbocycles. The van der Waals surface area contributed by atoms with Crippen molar-refractivity contribution >= 4 is 17.3 Å². The Hall–Kier alpha value is -2.10. The zero-order valence-corrected chi connectivity index (χ0v) is 13.1. The van der Waals surface area contributed by atoms with Crippen LogP contribution in [0.2, 0.25) is 0 Å². The molecule has 0 aliphatic heterocycles. The van der Waals surface area contributed by atoms with Gasteiger partial charge in [0.15, 0.2) is 0 Å². The Morgan fingerprint density at radius 3 is 2.52 bits per heavy atom. The van der Waals surface area contributed by atoms with E-state index in [9.17, 15) is 0 Å². The lowest BCUT2D eigenvalue weighted by Crippen LogP contribution is -2.07. The molecule has 0 atom stereocenters. The van der Waals surface area contributed by atoms with Gasteiger partial charge in [0, 0.05) is 24.7 Å². The van der Waals surface area contributed by atoms with E-state index in [-0.39, 0.29) is 0 Å². The van der Waals surface area contributed by atoms with Crippen LogP contribution in [0, 0.1) is 6.92 Å². The van der Waals surface area contributed by atoms with Crippen LogP contribution in [0.3, 0.4) is 0 Å². The number of hydrogen-bond donors (Lipinski definition) is 2. The van der Waals surface area contributed by atoms with E-state index in [1.165, 1.54) is 5.56 Å². The second-order valence-electron chi connectivity index (χ2n) is 5.23. The smallest absolute Gasteiger partial charge is 0.136 e. The van der Waals surface area contributed by atoms with Crippen molar-refractivity contribution in [1.82, 2.24) is 9.97 Å². The summed E-state index contributed by atoms with van der Waals surface area (Å²) < 4.78 is 0. The van der Waals surface area contributed by atoms with Crippen molar-refractivity contribution in [3.8, 4) is 0 Å². The second kappa shape index (κ2) is 7.62. The van der Waals surface area contributed by atoms with Gasteiger partial charge < -0.3 is 10.6 Å². The van der Waals surface area contributed by atoms with Crippen molar-refractivity contribution < 1.29 is 0 Å². The van der Waals surface area contributed by atoms with Crippen LogP contribution >= 0.6 is 0 Å². The molecule has 4 nitrogen and oxygen atoms in total. The summed E-state index contributed by atoms with van der Waals surface area (Å²) in [5.74, 6) is 2.62. The fourth-order valence-electron chi connectivity index (χ4n) is 2.11. The molecule has 0 fully saturated rings. The van der Waals surface area contributed by atoms with Crippen LogP contribution < -0.4 is 10.6 Å². The van der Waals surface area contributed by atoms with Gasteiger partial charge in [0.2, 0.25) is 0 Å². The Morgan fingerprint density at radius 1 is 1.00 bits per heavy atom. The monoisotopic (exact) mass is 284 g/mol. The molecule has 0 unspecified atom stereocenters. The molecule has 0 saturated heterocycles. The van der Waals surface area contributed by atoms with Gasteiger partial charge in [-0.25, -0.2) is 9.97 Å². The highest BCUT2D eigenvalue weighted by molar-refractivity contribution is 5.59. The normalized spacial score (nSPS) is 10.4. The van der Waals surface area contributed by atoms with Crippen LogP contribution in [0.1, 0.15) is 38.1 Å². The summed E-state index contributed by atoms with van der Waals surface area (Å²) in [7, 11) is 0. The lowest BCUT2D eigenvalue weighted by atomic mass is 10.2. The lowest BCUT2D eigenvalue weighted by molar-refractivity contribution is 0.834. The first-order valence-corrected chi connectivity index (χ1v) is 7.66. The van der Waals surface area contributed by atoms with Crippen LogP contribution in [0.4, 0.5) is 17.3 Å². The Kier molecular flexibility index (Phi) is 5.55. The SMILES string of the molecule is CCCNc1cc(Nc2cccc(C)c2)nc(CCC)n1. The molecule has 0 saturated carbocycles. The van der Waals surface area contributed by atoms with E-state index in [0.29, 0.717) is 0 Å². The lowest BCUT2D eigenvalue weighted by Gasteiger charge is -2.11. The molecule has 1 aromatic heterocycles. The quantitative estimate of drug-likeness (QED) is 0.795. The van der Waals surface area contributed by atoms with E-state index in [4.69, 9.17) is 0 Å². The van der Waals surface area contributed by atoms with E-state index in [2.05, 4.69) is 53.5 Å². The van der Waals surface area contributed by atoms with Crippen LogP contribution in [-0.4, -0.2) is 16.5 Å². The highest BCUT2D eigenvalue weighted by atomic mass is 15.1. The topological polar surface area (TPSA) is 49.8 Å². The summed E-state index contributed by atoms with van der Waals surface area (Å²) in [6.07, 6.45) is 3.01. The van der Waals surface area contributed by atoms with Crippen molar-refractivity contribution in [2.45, 2.75) is 40.0 Å². The highest BCUT2D eigenvalue weighted by Gasteiger charge is 2.04.